The Hall–Kier alpha value is -3.92. The SMILES string of the molecule is C=C(OCCCCCCCCOc1ccc(/C=C(\N)c2ccccc2)cc1/C=C(\N)c1ccccc1)C(C)(CC(C)(C)C)C(C)(C)C. The van der Waals surface area contributed by atoms with Crippen molar-refractivity contribution in [2.24, 2.45) is 27.7 Å². The first-order valence-electron chi connectivity index (χ1n) is 17.3. The lowest BCUT2D eigenvalue weighted by Crippen LogP contribution is -2.38. The van der Waals surface area contributed by atoms with E-state index in [0.717, 1.165) is 72.5 Å². The number of hydrogen-bond donors (Lipinski definition) is 2. The first-order valence-corrected chi connectivity index (χ1v) is 17.3. The van der Waals surface area contributed by atoms with E-state index >= 15 is 0 Å². The van der Waals surface area contributed by atoms with Crippen LogP contribution in [0.5, 0.6) is 5.75 Å². The molecule has 0 fully saturated rings. The molecule has 4 N–H and O–H groups in total. The van der Waals surface area contributed by atoms with Crippen molar-refractivity contribution in [3.63, 3.8) is 0 Å². The molecule has 4 nitrogen and oxygen atoms in total. The molecule has 0 spiro atoms. The standard InChI is InChI=1S/C43H60N2O2/c1-33(43(8,42(5,6)7)32-41(2,3)4)46-27-19-11-9-10-12-20-28-47-40-26-25-34(30-38(44)35-21-15-13-16-22-35)29-37(40)31-39(45)36-23-17-14-18-24-36/h13-18,21-26,29-31H,1,9-12,19-20,27-28,32,44-45H2,2-8H3/b38-30-,39-31-. The van der Waals surface area contributed by atoms with Crippen LogP contribution in [0.15, 0.2) is 91.2 Å². The Morgan fingerprint density at radius 1 is 0.660 bits per heavy atom. The Kier molecular flexibility index (Phi) is 13.8. The van der Waals surface area contributed by atoms with Crippen molar-refractivity contribution in [1.29, 1.82) is 0 Å². The molecule has 0 radical (unpaired) electrons. The van der Waals surface area contributed by atoms with E-state index in [1.54, 1.807) is 0 Å². The summed E-state index contributed by atoms with van der Waals surface area (Å²) >= 11 is 0. The van der Waals surface area contributed by atoms with E-state index in [0.29, 0.717) is 18.0 Å². The minimum Gasteiger partial charge on any atom is -0.498 e. The van der Waals surface area contributed by atoms with Crippen LogP contribution in [-0.4, -0.2) is 13.2 Å². The van der Waals surface area contributed by atoms with E-state index in [1.807, 2.05) is 84.9 Å². The van der Waals surface area contributed by atoms with Gasteiger partial charge in [0.1, 0.15) is 5.75 Å². The Morgan fingerprint density at radius 3 is 1.70 bits per heavy atom. The Balaban J connectivity index is 1.49. The molecule has 0 saturated heterocycles. The third-order valence-electron chi connectivity index (χ3n) is 9.11. The number of nitrogens with two attached hydrogens (primary N) is 2. The molecule has 3 rings (SSSR count). The van der Waals surface area contributed by atoms with Gasteiger partial charge in [-0.3, -0.25) is 0 Å². The highest BCUT2D eigenvalue weighted by Gasteiger charge is 2.43. The zero-order valence-electron chi connectivity index (χ0n) is 30.2. The Bertz CT molecular complexity index is 1460. The van der Waals surface area contributed by atoms with Crippen molar-refractivity contribution >= 4 is 23.5 Å². The molecule has 3 aromatic rings. The Morgan fingerprint density at radius 2 is 1.17 bits per heavy atom. The number of rotatable bonds is 17. The van der Waals surface area contributed by atoms with Crippen LogP contribution in [0.1, 0.15) is 116 Å². The molecular weight excluding hydrogens is 576 g/mol. The van der Waals surface area contributed by atoms with Crippen LogP contribution in [0.4, 0.5) is 0 Å². The van der Waals surface area contributed by atoms with E-state index in [9.17, 15) is 0 Å². The highest BCUT2D eigenvalue weighted by molar-refractivity contribution is 5.84. The van der Waals surface area contributed by atoms with Crippen LogP contribution < -0.4 is 16.2 Å². The van der Waals surface area contributed by atoms with Crippen molar-refractivity contribution < 1.29 is 9.47 Å². The van der Waals surface area contributed by atoms with Crippen molar-refractivity contribution in [3.8, 4) is 5.75 Å². The van der Waals surface area contributed by atoms with E-state index in [-0.39, 0.29) is 16.2 Å². The van der Waals surface area contributed by atoms with Gasteiger partial charge < -0.3 is 20.9 Å². The van der Waals surface area contributed by atoms with Gasteiger partial charge in [-0.2, -0.15) is 0 Å². The summed E-state index contributed by atoms with van der Waals surface area (Å²) in [6.45, 7) is 21.9. The van der Waals surface area contributed by atoms with Crippen molar-refractivity contribution in [3.05, 3.63) is 113 Å². The van der Waals surface area contributed by atoms with E-state index < -0.39 is 0 Å². The van der Waals surface area contributed by atoms with E-state index in [2.05, 4.69) is 61.1 Å². The maximum Gasteiger partial charge on any atom is 0.126 e. The van der Waals surface area contributed by atoms with Gasteiger partial charge in [0.2, 0.25) is 0 Å². The van der Waals surface area contributed by atoms with Crippen LogP contribution in [0.3, 0.4) is 0 Å². The third kappa shape index (κ3) is 12.0. The number of allylic oxidation sites excluding steroid dienone is 1. The molecule has 0 aliphatic rings. The molecule has 0 amide bonds. The first-order chi connectivity index (χ1) is 22.2. The molecule has 3 aromatic carbocycles. The highest BCUT2D eigenvalue weighted by atomic mass is 16.5. The second-order valence-corrected chi connectivity index (χ2v) is 15.3. The van der Waals surface area contributed by atoms with Gasteiger partial charge in [-0.05, 0) is 71.1 Å². The average molecular weight is 637 g/mol. The molecule has 0 bridgehead atoms. The summed E-state index contributed by atoms with van der Waals surface area (Å²) in [5.41, 5.74) is 18.5. The van der Waals surface area contributed by atoms with Crippen molar-refractivity contribution in [2.45, 2.75) is 93.4 Å². The summed E-state index contributed by atoms with van der Waals surface area (Å²) in [6, 6.07) is 26.2. The predicted molar refractivity (Wildman–Crippen MR) is 203 cm³/mol. The van der Waals surface area contributed by atoms with E-state index in [1.165, 1.54) is 12.8 Å². The number of hydrogen-bond acceptors (Lipinski definition) is 4. The molecule has 0 saturated carbocycles. The molecule has 47 heavy (non-hydrogen) atoms. The average Bonchev–Trinajstić information content (AvgIpc) is 3.02. The third-order valence-corrected chi connectivity index (χ3v) is 9.11. The van der Waals surface area contributed by atoms with Crippen LogP contribution in [0.2, 0.25) is 0 Å². The lowest BCUT2D eigenvalue weighted by molar-refractivity contribution is 0.0204. The van der Waals surface area contributed by atoms with Gasteiger partial charge in [0.25, 0.3) is 0 Å². The monoisotopic (exact) mass is 636 g/mol. The van der Waals surface area contributed by atoms with Gasteiger partial charge >= 0.3 is 0 Å². The molecule has 1 unspecified atom stereocenters. The fraction of sp³-hybridized carbons (Fsp3) is 0.442. The molecule has 254 valence electrons. The summed E-state index contributed by atoms with van der Waals surface area (Å²) in [5, 5.41) is 0. The molecule has 0 aliphatic carbocycles. The van der Waals surface area contributed by atoms with Gasteiger partial charge in [0.05, 0.1) is 19.0 Å². The Labute approximate surface area is 286 Å². The smallest absolute Gasteiger partial charge is 0.126 e. The van der Waals surface area contributed by atoms with Crippen LogP contribution in [0, 0.1) is 16.2 Å². The predicted octanol–water partition coefficient (Wildman–Crippen LogP) is 11.3. The molecular formula is C43H60N2O2. The first kappa shape index (κ1) is 37.5. The second kappa shape index (κ2) is 17.3. The summed E-state index contributed by atoms with van der Waals surface area (Å²) in [4.78, 5) is 0. The number of benzene rings is 3. The lowest BCUT2D eigenvalue weighted by atomic mass is 9.60. The fourth-order valence-corrected chi connectivity index (χ4v) is 5.97. The number of unbranched alkanes of at least 4 members (excludes halogenated alkanes) is 5. The molecule has 0 heterocycles. The summed E-state index contributed by atoms with van der Waals surface area (Å²) < 4.78 is 12.6. The van der Waals surface area contributed by atoms with Gasteiger partial charge in [-0.15, -0.1) is 0 Å². The lowest BCUT2D eigenvalue weighted by Gasteiger charge is -2.46. The number of ether oxygens (including phenoxy) is 2. The fourth-order valence-electron chi connectivity index (χ4n) is 5.97. The quantitative estimate of drug-likeness (QED) is 0.0878. The molecule has 4 heteroatoms. The van der Waals surface area contributed by atoms with Gasteiger partial charge in [0, 0.05) is 22.4 Å². The van der Waals surface area contributed by atoms with Crippen LogP contribution in [-0.2, 0) is 4.74 Å². The van der Waals surface area contributed by atoms with Gasteiger partial charge in [-0.25, -0.2) is 0 Å². The highest BCUT2D eigenvalue weighted by Crippen LogP contribution is 2.51. The van der Waals surface area contributed by atoms with Crippen molar-refractivity contribution in [1.82, 2.24) is 0 Å². The summed E-state index contributed by atoms with van der Waals surface area (Å²) in [6.07, 6.45) is 11.8. The second-order valence-electron chi connectivity index (χ2n) is 15.3. The topological polar surface area (TPSA) is 70.5 Å². The van der Waals surface area contributed by atoms with E-state index in [4.69, 9.17) is 20.9 Å². The normalized spacial score (nSPS) is 14.0. The zero-order chi connectivity index (χ0) is 34.5. The van der Waals surface area contributed by atoms with Crippen molar-refractivity contribution in [2.75, 3.05) is 13.2 Å². The van der Waals surface area contributed by atoms with Gasteiger partial charge in [0.15, 0.2) is 0 Å². The van der Waals surface area contributed by atoms with Gasteiger partial charge in [-0.1, -0.05) is 147 Å². The summed E-state index contributed by atoms with van der Waals surface area (Å²) in [7, 11) is 0. The summed E-state index contributed by atoms with van der Waals surface area (Å²) in [5.74, 6) is 1.76. The molecule has 1 atom stereocenters. The minimum atomic E-state index is -0.0687. The maximum absolute atomic E-state index is 6.52. The van der Waals surface area contributed by atoms with Crippen LogP contribution in [0.25, 0.3) is 23.5 Å². The van der Waals surface area contributed by atoms with Crippen LogP contribution >= 0.6 is 0 Å². The maximum atomic E-state index is 6.52. The minimum absolute atomic E-state index is 0.0687. The molecule has 0 aromatic heterocycles. The molecule has 0 aliphatic heterocycles. The zero-order valence-corrected chi connectivity index (χ0v) is 30.2. The largest absolute Gasteiger partial charge is 0.498 e.